The topological polar surface area (TPSA) is 102 Å². The molecule has 0 atom stereocenters. The Morgan fingerprint density at radius 1 is 1.34 bits per heavy atom. The summed E-state index contributed by atoms with van der Waals surface area (Å²) < 4.78 is 20.1. The van der Waals surface area contributed by atoms with E-state index in [0.29, 0.717) is 34.8 Å². The zero-order valence-electron chi connectivity index (χ0n) is 15.6. The number of halogens is 1. The molecule has 0 saturated carbocycles. The predicted molar refractivity (Wildman–Crippen MR) is 110 cm³/mol. The van der Waals surface area contributed by atoms with Gasteiger partial charge in [-0.15, -0.1) is 11.3 Å². The quantitative estimate of drug-likeness (QED) is 0.459. The van der Waals surface area contributed by atoms with Gasteiger partial charge in [0.15, 0.2) is 0 Å². The SMILES string of the molecule is COCCN=c1scc(-c2ccc(O)c(C(N)=O)c2)n1/N=C/c1cccc(F)c1. The monoisotopic (exact) mass is 414 g/mol. The van der Waals surface area contributed by atoms with Gasteiger partial charge in [0.05, 0.1) is 30.6 Å². The van der Waals surface area contributed by atoms with Crippen molar-refractivity contribution < 1.29 is 19.0 Å². The highest BCUT2D eigenvalue weighted by Crippen LogP contribution is 2.26. The minimum atomic E-state index is -0.737. The van der Waals surface area contributed by atoms with Gasteiger partial charge in [-0.2, -0.15) is 5.10 Å². The van der Waals surface area contributed by atoms with Crippen LogP contribution in [0.3, 0.4) is 0 Å². The number of ether oxygens (including phenoxy) is 1. The lowest BCUT2D eigenvalue weighted by Gasteiger charge is -2.06. The molecule has 9 heteroatoms. The summed E-state index contributed by atoms with van der Waals surface area (Å²) in [5.41, 5.74) is 7.19. The van der Waals surface area contributed by atoms with Crippen LogP contribution in [0, 0.1) is 5.82 Å². The summed E-state index contributed by atoms with van der Waals surface area (Å²) in [5, 5.41) is 16.1. The van der Waals surface area contributed by atoms with Gasteiger partial charge in [0.1, 0.15) is 11.6 Å². The number of hydrogen-bond acceptors (Lipinski definition) is 6. The Bertz CT molecular complexity index is 1120. The number of phenols is 1. The molecule has 3 rings (SSSR count). The van der Waals surface area contributed by atoms with E-state index in [1.807, 2.05) is 5.38 Å². The maximum absolute atomic E-state index is 13.5. The van der Waals surface area contributed by atoms with E-state index in [-0.39, 0.29) is 17.1 Å². The normalized spacial score (nSPS) is 12.0. The minimum Gasteiger partial charge on any atom is -0.507 e. The number of carbonyl (C=O) groups excluding carboxylic acids is 1. The highest BCUT2D eigenvalue weighted by atomic mass is 32.1. The first-order valence-electron chi connectivity index (χ1n) is 8.62. The number of nitrogens with zero attached hydrogens (tertiary/aromatic N) is 3. The molecule has 1 aromatic heterocycles. The molecule has 0 aliphatic heterocycles. The van der Waals surface area contributed by atoms with Crippen LogP contribution in [0.2, 0.25) is 0 Å². The van der Waals surface area contributed by atoms with Crippen molar-refractivity contribution in [3.63, 3.8) is 0 Å². The Morgan fingerprint density at radius 3 is 2.90 bits per heavy atom. The molecule has 150 valence electrons. The highest BCUT2D eigenvalue weighted by molar-refractivity contribution is 7.07. The van der Waals surface area contributed by atoms with Gasteiger partial charge in [0, 0.05) is 18.1 Å². The number of primary amides is 1. The third-order valence-corrected chi connectivity index (χ3v) is 4.81. The number of carbonyl (C=O) groups is 1. The molecule has 0 fully saturated rings. The molecule has 0 aliphatic carbocycles. The molecule has 0 bridgehead atoms. The fourth-order valence-corrected chi connectivity index (χ4v) is 3.42. The van der Waals surface area contributed by atoms with Gasteiger partial charge in [-0.25, -0.2) is 9.07 Å². The van der Waals surface area contributed by atoms with E-state index in [0.717, 1.165) is 0 Å². The van der Waals surface area contributed by atoms with E-state index in [4.69, 9.17) is 10.5 Å². The summed E-state index contributed by atoms with van der Waals surface area (Å²) in [5.74, 6) is -1.30. The highest BCUT2D eigenvalue weighted by Gasteiger charge is 2.13. The second-order valence-corrected chi connectivity index (χ2v) is 6.82. The van der Waals surface area contributed by atoms with E-state index in [1.165, 1.54) is 41.8 Å². The van der Waals surface area contributed by atoms with Crippen LogP contribution < -0.4 is 10.5 Å². The van der Waals surface area contributed by atoms with Gasteiger partial charge in [0.2, 0.25) is 4.80 Å². The van der Waals surface area contributed by atoms with Crippen LogP contribution in [0.25, 0.3) is 11.3 Å². The third kappa shape index (κ3) is 4.95. The molecule has 0 radical (unpaired) electrons. The van der Waals surface area contributed by atoms with Crippen molar-refractivity contribution in [1.29, 1.82) is 0 Å². The van der Waals surface area contributed by atoms with Gasteiger partial charge in [0.25, 0.3) is 5.91 Å². The molecule has 0 aliphatic rings. The zero-order valence-corrected chi connectivity index (χ0v) is 16.4. The number of rotatable bonds is 7. The lowest BCUT2D eigenvalue weighted by Crippen LogP contribution is -2.14. The van der Waals surface area contributed by atoms with Crippen molar-refractivity contribution in [1.82, 2.24) is 4.68 Å². The second kappa shape index (κ2) is 9.26. The first kappa shape index (κ1) is 20.4. The van der Waals surface area contributed by atoms with Gasteiger partial charge >= 0.3 is 0 Å². The number of methoxy groups -OCH3 is 1. The number of hydrogen-bond donors (Lipinski definition) is 2. The molecular weight excluding hydrogens is 395 g/mol. The molecule has 29 heavy (non-hydrogen) atoms. The number of benzene rings is 2. The van der Waals surface area contributed by atoms with E-state index in [1.54, 1.807) is 30.0 Å². The van der Waals surface area contributed by atoms with E-state index in [2.05, 4.69) is 10.1 Å². The first-order chi connectivity index (χ1) is 14.0. The maximum atomic E-state index is 13.5. The summed E-state index contributed by atoms with van der Waals surface area (Å²) in [4.78, 5) is 16.6. The maximum Gasteiger partial charge on any atom is 0.252 e. The van der Waals surface area contributed by atoms with Crippen LogP contribution >= 0.6 is 11.3 Å². The molecule has 3 N–H and O–H groups in total. The summed E-state index contributed by atoms with van der Waals surface area (Å²) in [6.45, 7) is 0.889. The number of aromatic hydroxyl groups is 1. The van der Waals surface area contributed by atoms with Gasteiger partial charge in [-0.3, -0.25) is 9.79 Å². The van der Waals surface area contributed by atoms with Gasteiger partial charge in [-0.05, 0) is 35.9 Å². The molecule has 0 spiro atoms. The molecule has 0 saturated heterocycles. The average molecular weight is 414 g/mol. The second-order valence-electron chi connectivity index (χ2n) is 5.99. The lowest BCUT2D eigenvalue weighted by atomic mass is 10.1. The molecule has 7 nitrogen and oxygen atoms in total. The Balaban J connectivity index is 2.09. The van der Waals surface area contributed by atoms with Crippen molar-refractivity contribution in [2.75, 3.05) is 20.3 Å². The molecule has 2 aromatic carbocycles. The third-order valence-electron chi connectivity index (χ3n) is 3.96. The van der Waals surface area contributed by atoms with Crippen LogP contribution in [0.5, 0.6) is 5.75 Å². The van der Waals surface area contributed by atoms with Crippen molar-refractivity contribution >= 4 is 23.5 Å². The average Bonchev–Trinajstić information content (AvgIpc) is 3.09. The van der Waals surface area contributed by atoms with Crippen molar-refractivity contribution in [3.05, 3.63) is 69.6 Å². The largest absolute Gasteiger partial charge is 0.507 e. The molecule has 1 heterocycles. The number of amides is 1. The Labute approximate surface area is 170 Å². The Morgan fingerprint density at radius 2 is 2.17 bits per heavy atom. The van der Waals surface area contributed by atoms with Gasteiger partial charge in [-0.1, -0.05) is 12.1 Å². The molecular formula is C20H19FN4O3S. The smallest absolute Gasteiger partial charge is 0.252 e. The first-order valence-corrected chi connectivity index (χ1v) is 9.50. The molecule has 0 unspecified atom stereocenters. The van der Waals surface area contributed by atoms with E-state index >= 15 is 0 Å². The standard InChI is InChI=1S/C20H19FN4O3S/c1-28-8-7-23-20-25(24-11-13-3-2-4-15(21)9-13)17(12-29-20)14-5-6-18(26)16(10-14)19(22)27/h2-6,9-12,26H,7-8H2,1H3,(H2,22,27)/b23-20?,24-11+. The fourth-order valence-electron chi connectivity index (χ4n) is 2.55. The van der Waals surface area contributed by atoms with Crippen LogP contribution in [-0.2, 0) is 4.74 Å². The van der Waals surface area contributed by atoms with Crippen LogP contribution in [0.15, 0.2) is 57.9 Å². The van der Waals surface area contributed by atoms with Crippen molar-refractivity contribution in [3.8, 4) is 17.0 Å². The summed E-state index contributed by atoms with van der Waals surface area (Å²) in [6, 6.07) is 10.6. The van der Waals surface area contributed by atoms with E-state index in [9.17, 15) is 14.3 Å². The Kier molecular flexibility index (Phi) is 6.53. The predicted octanol–water partition coefficient (Wildman–Crippen LogP) is 2.59. The number of nitrogens with two attached hydrogens (primary N) is 1. The number of thiazole rings is 1. The fraction of sp³-hybridized carbons (Fsp3) is 0.150. The lowest BCUT2D eigenvalue weighted by molar-refractivity contribution is 0.0998. The summed E-state index contributed by atoms with van der Waals surface area (Å²) in [7, 11) is 1.59. The number of aromatic nitrogens is 1. The van der Waals surface area contributed by atoms with Crippen LogP contribution in [-0.4, -0.2) is 42.2 Å². The van der Waals surface area contributed by atoms with Crippen LogP contribution in [0.1, 0.15) is 15.9 Å². The van der Waals surface area contributed by atoms with Gasteiger partial charge < -0.3 is 15.6 Å². The summed E-state index contributed by atoms with van der Waals surface area (Å²) in [6.07, 6.45) is 1.52. The minimum absolute atomic E-state index is 0.00670. The van der Waals surface area contributed by atoms with Crippen molar-refractivity contribution in [2.24, 2.45) is 15.8 Å². The zero-order chi connectivity index (χ0) is 20.8. The Hall–Kier alpha value is -3.30. The summed E-state index contributed by atoms with van der Waals surface area (Å²) >= 11 is 1.35. The van der Waals surface area contributed by atoms with Crippen LogP contribution in [0.4, 0.5) is 4.39 Å². The van der Waals surface area contributed by atoms with E-state index < -0.39 is 5.91 Å². The molecule has 3 aromatic rings. The van der Waals surface area contributed by atoms with Crippen molar-refractivity contribution in [2.45, 2.75) is 0 Å². The molecule has 1 amide bonds.